The van der Waals surface area contributed by atoms with Gasteiger partial charge in [-0.2, -0.15) is 0 Å². The zero-order valence-corrected chi connectivity index (χ0v) is 12.1. The van der Waals surface area contributed by atoms with Gasteiger partial charge in [-0.15, -0.1) is 0 Å². The molecule has 2 aromatic carbocycles. The molecule has 0 aliphatic heterocycles. The van der Waals surface area contributed by atoms with Crippen molar-refractivity contribution in [1.29, 1.82) is 0 Å². The molecule has 0 spiro atoms. The fourth-order valence-electron chi connectivity index (χ4n) is 2.17. The minimum absolute atomic E-state index is 0.0335. The zero-order chi connectivity index (χ0) is 13.7. The van der Waals surface area contributed by atoms with E-state index in [1.54, 1.807) is 12.1 Å². The van der Waals surface area contributed by atoms with Gasteiger partial charge in [0.2, 0.25) is 0 Å². The third kappa shape index (κ3) is 4.15. The van der Waals surface area contributed by atoms with Gasteiger partial charge in [-0.1, -0.05) is 46.3 Å². The van der Waals surface area contributed by atoms with Crippen molar-refractivity contribution in [2.45, 2.75) is 12.8 Å². The molecule has 0 aromatic heterocycles. The molecule has 2 rings (SSSR count). The number of hydrogen-bond acceptors (Lipinski definition) is 1. The van der Waals surface area contributed by atoms with Crippen LogP contribution in [0.25, 0.3) is 0 Å². The summed E-state index contributed by atoms with van der Waals surface area (Å²) < 4.78 is 14.6. The van der Waals surface area contributed by atoms with Gasteiger partial charge in [0.25, 0.3) is 0 Å². The molecular weight excluding hydrogens is 307 g/mol. The van der Waals surface area contributed by atoms with E-state index in [1.807, 2.05) is 30.3 Å². The van der Waals surface area contributed by atoms with Crippen molar-refractivity contribution in [3.8, 4) is 0 Å². The normalized spacial score (nSPS) is 12.4. The van der Waals surface area contributed by atoms with Gasteiger partial charge in [-0.3, -0.25) is 0 Å². The van der Waals surface area contributed by atoms with Crippen LogP contribution in [0, 0.1) is 11.7 Å². The van der Waals surface area contributed by atoms with Crippen LogP contribution in [0.3, 0.4) is 0 Å². The predicted molar refractivity (Wildman–Crippen MR) is 78.5 cm³/mol. The molecule has 0 amide bonds. The van der Waals surface area contributed by atoms with Crippen LogP contribution in [-0.2, 0) is 12.8 Å². The van der Waals surface area contributed by atoms with Crippen LogP contribution in [0.2, 0.25) is 0 Å². The van der Waals surface area contributed by atoms with E-state index in [0.29, 0.717) is 12.0 Å². The molecular formula is C16H16BrFO. The molecule has 100 valence electrons. The van der Waals surface area contributed by atoms with Gasteiger partial charge in [-0.05, 0) is 48.1 Å². The zero-order valence-electron chi connectivity index (χ0n) is 10.5. The molecule has 0 heterocycles. The summed E-state index contributed by atoms with van der Waals surface area (Å²) in [4.78, 5) is 0. The standard InChI is InChI=1S/C16H16BrFO/c17-15-6-3-4-12(10-15)8-13(11-19)9-14-5-1-2-7-16(14)18/h1-7,10,13,19H,8-9,11H2. The predicted octanol–water partition coefficient (Wildman–Crippen LogP) is 3.98. The first kappa shape index (κ1) is 14.2. The summed E-state index contributed by atoms with van der Waals surface area (Å²) in [6.45, 7) is 0.0564. The van der Waals surface area contributed by atoms with Crippen molar-refractivity contribution in [3.63, 3.8) is 0 Å². The minimum Gasteiger partial charge on any atom is -0.396 e. The SMILES string of the molecule is OCC(Cc1cccc(Br)c1)Cc1ccccc1F. The van der Waals surface area contributed by atoms with E-state index in [1.165, 1.54) is 6.07 Å². The van der Waals surface area contributed by atoms with Crippen LogP contribution in [0.1, 0.15) is 11.1 Å². The first-order chi connectivity index (χ1) is 9.19. The Kier molecular flexibility index (Phi) is 5.11. The molecule has 0 saturated heterocycles. The van der Waals surface area contributed by atoms with Gasteiger partial charge in [0.05, 0.1) is 0 Å². The van der Waals surface area contributed by atoms with Gasteiger partial charge in [-0.25, -0.2) is 4.39 Å². The largest absolute Gasteiger partial charge is 0.396 e. The molecule has 0 saturated carbocycles. The van der Waals surface area contributed by atoms with Crippen LogP contribution in [-0.4, -0.2) is 11.7 Å². The van der Waals surface area contributed by atoms with E-state index in [9.17, 15) is 9.50 Å². The van der Waals surface area contributed by atoms with E-state index in [2.05, 4.69) is 15.9 Å². The first-order valence-corrected chi connectivity index (χ1v) is 7.07. The Morgan fingerprint density at radius 3 is 2.53 bits per heavy atom. The number of hydrogen-bond donors (Lipinski definition) is 1. The Bertz CT molecular complexity index is 542. The molecule has 2 aromatic rings. The van der Waals surface area contributed by atoms with Crippen molar-refractivity contribution >= 4 is 15.9 Å². The van der Waals surface area contributed by atoms with Crippen LogP contribution in [0.4, 0.5) is 4.39 Å². The molecule has 19 heavy (non-hydrogen) atoms. The van der Waals surface area contributed by atoms with Crippen LogP contribution >= 0.6 is 15.9 Å². The summed E-state index contributed by atoms with van der Waals surface area (Å²) >= 11 is 3.43. The van der Waals surface area contributed by atoms with Crippen LogP contribution in [0.15, 0.2) is 53.0 Å². The molecule has 1 N–H and O–H groups in total. The highest BCUT2D eigenvalue weighted by molar-refractivity contribution is 9.10. The van der Waals surface area contributed by atoms with Gasteiger partial charge in [0.15, 0.2) is 0 Å². The maximum Gasteiger partial charge on any atom is 0.126 e. The second-order valence-corrected chi connectivity index (χ2v) is 5.59. The summed E-state index contributed by atoms with van der Waals surface area (Å²) in [6, 6.07) is 14.7. The second-order valence-electron chi connectivity index (χ2n) is 4.68. The Morgan fingerprint density at radius 2 is 1.84 bits per heavy atom. The van der Waals surface area contributed by atoms with Crippen molar-refractivity contribution in [3.05, 3.63) is 69.9 Å². The lowest BCUT2D eigenvalue weighted by Crippen LogP contribution is -2.13. The first-order valence-electron chi connectivity index (χ1n) is 6.27. The number of benzene rings is 2. The average Bonchev–Trinajstić information content (AvgIpc) is 2.40. The number of aliphatic hydroxyl groups is 1. The highest BCUT2D eigenvalue weighted by atomic mass is 79.9. The minimum atomic E-state index is -0.199. The van der Waals surface area contributed by atoms with Gasteiger partial charge < -0.3 is 5.11 Å². The Morgan fingerprint density at radius 1 is 1.05 bits per heavy atom. The quantitative estimate of drug-likeness (QED) is 0.882. The Balaban J connectivity index is 2.07. The third-order valence-corrected chi connectivity index (χ3v) is 3.63. The summed E-state index contributed by atoms with van der Waals surface area (Å²) in [5.41, 5.74) is 1.81. The summed E-state index contributed by atoms with van der Waals surface area (Å²) in [6.07, 6.45) is 1.29. The molecule has 0 bridgehead atoms. The fraction of sp³-hybridized carbons (Fsp3) is 0.250. The summed E-state index contributed by atoms with van der Waals surface area (Å²) in [5.74, 6) is -0.165. The molecule has 0 aliphatic rings. The van der Waals surface area contributed by atoms with Crippen LogP contribution < -0.4 is 0 Å². The topological polar surface area (TPSA) is 20.2 Å². The molecule has 3 heteroatoms. The van der Waals surface area contributed by atoms with E-state index >= 15 is 0 Å². The van der Waals surface area contributed by atoms with E-state index in [4.69, 9.17) is 0 Å². The van der Waals surface area contributed by atoms with Crippen molar-refractivity contribution in [1.82, 2.24) is 0 Å². The lowest BCUT2D eigenvalue weighted by molar-refractivity contribution is 0.224. The number of aliphatic hydroxyl groups excluding tert-OH is 1. The second kappa shape index (κ2) is 6.83. The third-order valence-electron chi connectivity index (χ3n) is 3.14. The van der Waals surface area contributed by atoms with E-state index in [-0.39, 0.29) is 18.3 Å². The van der Waals surface area contributed by atoms with Crippen molar-refractivity contribution in [2.24, 2.45) is 5.92 Å². The fourth-order valence-corrected chi connectivity index (χ4v) is 2.62. The molecule has 0 fully saturated rings. The van der Waals surface area contributed by atoms with Crippen molar-refractivity contribution < 1.29 is 9.50 Å². The molecule has 0 radical (unpaired) electrons. The highest BCUT2D eigenvalue weighted by Crippen LogP contribution is 2.19. The number of halogens is 2. The lowest BCUT2D eigenvalue weighted by atomic mass is 9.93. The van der Waals surface area contributed by atoms with Crippen molar-refractivity contribution in [2.75, 3.05) is 6.61 Å². The van der Waals surface area contributed by atoms with E-state index in [0.717, 1.165) is 16.5 Å². The smallest absolute Gasteiger partial charge is 0.126 e. The molecule has 0 aliphatic carbocycles. The maximum atomic E-state index is 13.6. The highest BCUT2D eigenvalue weighted by Gasteiger charge is 2.12. The maximum absolute atomic E-state index is 13.6. The van der Waals surface area contributed by atoms with Gasteiger partial charge >= 0.3 is 0 Å². The summed E-state index contributed by atoms with van der Waals surface area (Å²) in [5, 5.41) is 9.47. The average molecular weight is 323 g/mol. The Labute approximate surface area is 121 Å². The Hall–Kier alpha value is -1.19. The summed E-state index contributed by atoms with van der Waals surface area (Å²) in [7, 11) is 0. The van der Waals surface area contributed by atoms with E-state index < -0.39 is 0 Å². The van der Waals surface area contributed by atoms with Crippen LogP contribution in [0.5, 0.6) is 0 Å². The molecule has 1 atom stereocenters. The van der Waals surface area contributed by atoms with Gasteiger partial charge in [0.1, 0.15) is 5.82 Å². The molecule has 1 unspecified atom stereocenters. The lowest BCUT2D eigenvalue weighted by Gasteiger charge is -2.15. The molecule has 1 nitrogen and oxygen atoms in total. The number of rotatable bonds is 5. The monoisotopic (exact) mass is 322 g/mol. The van der Waals surface area contributed by atoms with Gasteiger partial charge in [0, 0.05) is 11.1 Å².